The highest BCUT2D eigenvalue weighted by Gasteiger charge is 2.21. The lowest BCUT2D eigenvalue weighted by atomic mass is 10.2. The summed E-state index contributed by atoms with van der Waals surface area (Å²) in [7, 11) is 0. The van der Waals surface area contributed by atoms with Crippen LogP contribution in [0.3, 0.4) is 0 Å². The summed E-state index contributed by atoms with van der Waals surface area (Å²) in [5, 5.41) is 17.9. The molecule has 11 nitrogen and oxygen atoms in total. The molecule has 0 bridgehead atoms. The van der Waals surface area contributed by atoms with Gasteiger partial charge in [0.05, 0.1) is 23.4 Å². The van der Waals surface area contributed by atoms with Gasteiger partial charge in [-0.25, -0.2) is 9.48 Å². The van der Waals surface area contributed by atoms with Crippen LogP contribution in [0.25, 0.3) is 5.69 Å². The van der Waals surface area contributed by atoms with E-state index in [1.807, 2.05) is 24.3 Å². The summed E-state index contributed by atoms with van der Waals surface area (Å²) in [5.41, 5.74) is 1.94. The average Bonchev–Trinajstić information content (AvgIpc) is 3.29. The van der Waals surface area contributed by atoms with Gasteiger partial charge < -0.3 is 19.7 Å². The minimum atomic E-state index is -0.713. The molecule has 1 N–H and O–H groups in total. The number of carbonyl (C=O) groups excluding carboxylic acids is 2. The van der Waals surface area contributed by atoms with Crippen molar-refractivity contribution in [3.8, 4) is 11.4 Å². The molecule has 0 atom stereocenters. The van der Waals surface area contributed by atoms with E-state index < -0.39 is 16.8 Å². The van der Waals surface area contributed by atoms with Gasteiger partial charge in [-0.2, -0.15) is 5.10 Å². The quantitative estimate of drug-likeness (QED) is 0.238. The van der Waals surface area contributed by atoms with E-state index in [9.17, 15) is 19.7 Å². The van der Waals surface area contributed by atoms with Crippen LogP contribution in [-0.2, 0) is 9.53 Å². The molecule has 2 aromatic carbocycles. The van der Waals surface area contributed by atoms with E-state index in [-0.39, 0.29) is 30.3 Å². The van der Waals surface area contributed by atoms with Crippen LogP contribution >= 0.6 is 0 Å². The van der Waals surface area contributed by atoms with Crippen LogP contribution in [0.2, 0.25) is 0 Å². The van der Waals surface area contributed by atoms with Gasteiger partial charge >= 0.3 is 5.97 Å². The number of non-ortho nitro benzene ring substituents is 1. The highest BCUT2D eigenvalue weighted by atomic mass is 16.6. The van der Waals surface area contributed by atoms with Crippen molar-refractivity contribution in [2.75, 3.05) is 30.0 Å². The first-order valence-electron chi connectivity index (χ1n) is 11.5. The lowest BCUT2D eigenvalue weighted by Crippen LogP contribution is -2.30. The standard InChI is InChI=1S/C25H29N5O6/c1-5-28(17(3)4)19-9-7-18(8-10-19)26-23(31)16-36-22-15-29(27-24(22)25(32)35-6-2)20-11-13-21(14-12-20)30(33)34/h7-15,17H,5-6,16H2,1-4H3,(H,26,31). The zero-order valence-electron chi connectivity index (χ0n) is 20.6. The molecular weight excluding hydrogens is 466 g/mol. The second-order valence-corrected chi connectivity index (χ2v) is 8.04. The van der Waals surface area contributed by atoms with Crippen LogP contribution in [0.15, 0.2) is 54.7 Å². The van der Waals surface area contributed by atoms with Crippen molar-refractivity contribution in [2.24, 2.45) is 0 Å². The Labute approximate surface area is 208 Å². The Kier molecular flexibility index (Phi) is 8.61. The van der Waals surface area contributed by atoms with E-state index in [4.69, 9.17) is 9.47 Å². The first kappa shape index (κ1) is 26.2. The fraction of sp³-hybridized carbons (Fsp3) is 0.320. The fourth-order valence-electron chi connectivity index (χ4n) is 3.59. The topological polar surface area (TPSA) is 129 Å². The number of hydrogen-bond donors (Lipinski definition) is 1. The molecule has 1 amide bonds. The Morgan fingerprint density at radius 3 is 2.33 bits per heavy atom. The molecule has 0 spiro atoms. The number of esters is 1. The van der Waals surface area contributed by atoms with Crippen LogP contribution in [0, 0.1) is 10.1 Å². The number of anilines is 2. The van der Waals surface area contributed by atoms with Gasteiger partial charge in [-0.05, 0) is 64.1 Å². The Hall–Kier alpha value is -4.41. The summed E-state index contributed by atoms with van der Waals surface area (Å²) in [4.78, 5) is 37.5. The third-order valence-electron chi connectivity index (χ3n) is 5.28. The summed E-state index contributed by atoms with van der Waals surface area (Å²) in [6.07, 6.45) is 1.42. The molecule has 1 aromatic heterocycles. The molecule has 0 radical (unpaired) electrons. The first-order chi connectivity index (χ1) is 17.2. The predicted molar refractivity (Wildman–Crippen MR) is 135 cm³/mol. The Bertz CT molecular complexity index is 1200. The smallest absolute Gasteiger partial charge is 0.362 e. The maximum atomic E-state index is 12.5. The van der Waals surface area contributed by atoms with Gasteiger partial charge in [0.25, 0.3) is 11.6 Å². The number of nitro benzene ring substituents is 1. The molecular formula is C25H29N5O6. The molecule has 0 aliphatic rings. The molecule has 0 aliphatic heterocycles. The number of benzene rings is 2. The Morgan fingerprint density at radius 2 is 1.78 bits per heavy atom. The summed E-state index contributed by atoms with van der Waals surface area (Å²) in [6.45, 7) is 8.61. The highest BCUT2D eigenvalue weighted by molar-refractivity contribution is 5.93. The van der Waals surface area contributed by atoms with Crippen molar-refractivity contribution < 1.29 is 24.0 Å². The van der Waals surface area contributed by atoms with Crippen molar-refractivity contribution in [3.63, 3.8) is 0 Å². The maximum Gasteiger partial charge on any atom is 0.362 e. The van der Waals surface area contributed by atoms with Gasteiger partial charge in [0.15, 0.2) is 12.4 Å². The van der Waals surface area contributed by atoms with E-state index in [0.29, 0.717) is 17.4 Å². The number of aromatic nitrogens is 2. The predicted octanol–water partition coefficient (Wildman–Crippen LogP) is 4.21. The van der Waals surface area contributed by atoms with Gasteiger partial charge in [0.1, 0.15) is 0 Å². The molecule has 0 fully saturated rings. The van der Waals surface area contributed by atoms with Crippen LogP contribution in [-0.4, -0.2) is 52.4 Å². The van der Waals surface area contributed by atoms with E-state index in [1.165, 1.54) is 35.1 Å². The zero-order valence-corrected chi connectivity index (χ0v) is 20.6. The van der Waals surface area contributed by atoms with Crippen LogP contribution in [0.4, 0.5) is 17.1 Å². The molecule has 11 heteroatoms. The summed E-state index contributed by atoms with van der Waals surface area (Å²) in [6, 6.07) is 13.5. The van der Waals surface area contributed by atoms with Gasteiger partial charge in [0.2, 0.25) is 5.69 Å². The van der Waals surface area contributed by atoms with Crippen molar-refractivity contribution >= 4 is 28.9 Å². The minimum Gasteiger partial charge on any atom is -0.480 e. The van der Waals surface area contributed by atoms with E-state index in [0.717, 1.165) is 12.2 Å². The molecule has 1 heterocycles. The molecule has 36 heavy (non-hydrogen) atoms. The molecule has 3 aromatic rings. The highest BCUT2D eigenvalue weighted by Crippen LogP contribution is 2.23. The number of ether oxygens (including phenoxy) is 2. The molecule has 3 rings (SSSR count). The normalized spacial score (nSPS) is 10.7. The van der Waals surface area contributed by atoms with Crippen LogP contribution in [0.1, 0.15) is 38.2 Å². The SMILES string of the molecule is CCOC(=O)c1nn(-c2ccc([N+](=O)[O-])cc2)cc1OCC(=O)Nc1ccc(N(CC)C(C)C)cc1. The first-order valence-corrected chi connectivity index (χ1v) is 11.5. The number of carbonyl (C=O) groups is 2. The number of rotatable bonds is 11. The maximum absolute atomic E-state index is 12.5. The minimum absolute atomic E-state index is 0.0489. The summed E-state index contributed by atoms with van der Waals surface area (Å²) in [5.74, 6) is -1.08. The monoisotopic (exact) mass is 495 g/mol. The second-order valence-electron chi connectivity index (χ2n) is 8.04. The van der Waals surface area contributed by atoms with Crippen LogP contribution < -0.4 is 15.0 Å². The number of amides is 1. The van der Waals surface area contributed by atoms with E-state index >= 15 is 0 Å². The average molecular weight is 496 g/mol. The van der Waals surface area contributed by atoms with Crippen molar-refractivity contribution in [3.05, 3.63) is 70.5 Å². The van der Waals surface area contributed by atoms with Crippen molar-refractivity contribution in [1.29, 1.82) is 0 Å². The number of hydrogen-bond acceptors (Lipinski definition) is 8. The lowest BCUT2D eigenvalue weighted by Gasteiger charge is -2.27. The Balaban J connectivity index is 1.71. The molecule has 0 aliphatic carbocycles. The van der Waals surface area contributed by atoms with Gasteiger partial charge in [-0.15, -0.1) is 0 Å². The Morgan fingerprint density at radius 1 is 1.11 bits per heavy atom. The van der Waals surface area contributed by atoms with Crippen molar-refractivity contribution in [1.82, 2.24) is 9.78 Å². The second kappa shape index (κ2) is 11.8. The van der Waals surface area contributed by atoms with Gasteiger partial charge in [-0.1, -0.05) is 0 Å². The van der Waals surface area contributed by atoms with Gasteiger partial charge in [0, 0.05) is 36.1 Å². The molecule has 0 unspecified atom stereocenters. The number of nitro groups is 1. The fourth-order valence-corrected chi connectivity index (χ4v) is 3.59. The third kappa shape index (κ3) is 6.38. The molecule has 0 saturated carbocycles. The molecule has 0 saturated heterocycles. The van der Waals surface area contributed by atoms with E-state index in [2.05, 4.69) is 36.1 Å². The van der Waals surface area contributed by atoms with Crippen molar-refractivity contribution in [2.45, 2.75) is 33.7 Å². The van der Waals surface area contributed by atoms with Gasteiger partial charge in [-0.3, -0.25) is 14.9 Å². The largest absolute Gasteiger partial charge is 0.480 e. The van der Waals surface area contributed by atoms with Crippen LogP contribution in [0.5, 0.6) is 5.75 Å². The lowest BCUT2D eigenvalue weighted by molar-refractivity contribution is -0.384. The van der Waals surface area contributed by atoms with E-state index in [1.54, 1.807) is 6.92 Å². The third-order valence-corrected chi connectivity index (χ3v) is 5.28. The summed E-state index contributed by atoms with van der Waals surface area (Å²) < 4.78 is 12.0. The number of nitrogens with one attached hydrogen (secondary N) is 1. The summed E-state index contributed by atoms with van der Waals surface area (Å²) >= 11 is 0. The zero-order chi connectivity index (χ0) is 26.2. The number of nitrogens with zero attached hydrogens (tertiary/aromatic N) is 4. The molecule has 190 valence electrons.